The van der Waals surface area contributed by atoms with Gasteiger partial charge in [0.25, 0.3) is 5.91 Å². The monoisotopic (exact) mass is 577 g/mol. The van der Waals surface area contributed by atoms with Crippen LogP contribution in [0.2, 0.25) is 10.0 Å². The summed E-state index contributed by atoms with van der Waals surface area (Å²) >= 11 is 12.3. The molecular weight excluding hydrogens is 549 g/mol. The van der Waals surface area contributed by atoms with E-state index in [0.29, 0.717) is 22.1 Å². The maximum atomic E-state index is 14.4. The van der Waals surface area contributed by atoms with Gasteiger partial charge in [-0.15, -0.1) is 0 Å². The van der Waals surface area contributed by atoms with Gasteiger partial charge in [-0.3, -0.25) is 14.5 Å². The van der Waals surface area contributed by atoms with E-state index >= 15 is 0 Å². The molecule has 1 aliphatic heterocycles. The van der Waals surface area contributed by atoms with Gasteiger partial charge in [-0.1, -0.05) is 35.3 Å². The number of para-hydroxylation sites is 2. The van der Waals surface area contributed by atoms with Gasteiger partial charge in [0.2, 0.25) is 5.91 Å². The van der Waals surface area contributed by atoms with Crippen LogP contribution in [0.25, 0.3) is 5.69 Å². The van der Waals surface area contributed by atoms with Crippen molar-refractivity contribution >= 4 is 40.7 Å². The Morgan fingerprint density at radius 3 is 2.33 bits per heavy atom. The number of nitrogens with zero attached hydrogens (tertiary/aromatic N) is 3. The van der Waals surface area contributed by atoms with Crippen molar-refractivity contribution in [3.05, 3.63) is 106 Å². The van der Waals surface area contributed by atoms with Crippen molar-refractivity contribution in [3.8, 4) is 17.2 Å². The number of ether oxygens (including phenoxy) is 2. The normalized spacial score (nSPS) is 14.0. The summed E-state index contributed by atoms with van der Waals surface area (Å²) in [5.74, 6) is 0.685. The number of anilines is 1. The molecule has 0 radical (unpaired) electrons. The zero-order valence-corrected chi connectivity index (χ0v) is 24.1. The Labute approximate surface area is 243 Å². The van der Waals surface area contributed by atoms with E-state index in [4.69, 9.17) is 32.7 Å². The molecule has 0 aliphatic carbocycles. The van der Waals surface area contributed by atoms with Gasteiger partial charge in [-0.05, 0) is 74.5 Å². The highest BCUT2D eigenvalue weighted by Gasteiger charge is 2.39. The lowest BCUT2D eigenvalue weighted by Crippen LogP contribution is -2.48. The lowest BCUT2D eigenvalue weighted by atomic mass is 9.96. The average molecular weight is 578 g/mol. The van der Waals surface area contributed by atoms with E-state index in [-0.39, 0.29) is 29.4 Å². The molecule has 2 amide bonds. The van der Waals surface area contributed by atoms with Crippen LogP contribution in [-0.2, 0) is 4.79 Å². The van der Waals surface area contributed by atoms with Crippen LogP contribution in [-0.4, -0.2) is 48.1 Å². The van der Waals surface area contributed by atoms with Gasteiger partial charge in [-0.2, -0.15) is 0 Å². The molecule has 3 aromatic carbocycles. The molecule has 0 saturated carbocycles. The van der Waals surface area contributed by atoms with E-state index in [1.165, 1.54) is 11.0 Å². The van der Waals surface area contributed by atoms with Gasteiger partial charge in [0.15, 0.2) is 0 Å². The summed E-state index contributed by atoms with van der Waals surface area (Å²) in [4.78, 5) is 31.3. The van der Waals surface area contributed by atoms with Gasteiger partial charge < -0.3 is 18.9 Å². The first-order chi connectivity index (χ1) is 19.2. The number of hydrogen-bond acceptors (Lipinski definition) is 4. The fourth-order valence-corrected chi connectivity index (χ4v) is 5.41. The third kappa shape index (κ3) is 4.91. The van der Waals surface area contributed by atoms with E-state index in [2.05, 4.69) is 4.57 Å². The molecule has 1 aromatic heterocycles. The van der Waals surface area contributed by atoms with Gasteiger partial charge in [0.05, 0.1) is 41.3 Å². The van der Waals surface area contributed by atoms with Crippen molar-refractivity contribution in [1.29, 1.82) is 0 Å². The number of carbonyl (C=O) groups is 2. The first-order valence-electron chi connectivity index (χ1n) is 12.8. The minimum atomic E-state index is -0.545. The number of hydrogen-bond donors (Lipinski definition) is 0. The van der Waals surface area contributed by atoms with Crippen LogP contribution in [0, 0.1) is 0 Å². The molecule has 1 aliphatic rings. The van der Waals surface area contributed by atoms with Crippen molar-refractivity contribution in [1.82, 2.24) is 9.47 Å². The smallest absolute Gasteiger partial charge is 0.254 e. The fourth-order valence-electron chi connectivity index (χ4n) is 5.11. The second-order valence-electron chi connectivity index (χ2n) is 9.72. The van der Waals surface area contributed by atoms with Crippen LogP contribution >= 0.6 is 23.2 Å². The van der Waals surface area contributed by atoms with Crippen molar-refractivity contribution < 1.29 is 19.1 Å². The fraction of sp³-hybridized carbons (Fsp3) is 0.226. The second kappa shape index (κ2) is 11.3. The number of aromatic nitrogens is 1. The highest BCUT2D eigenvalue weighted by molar-refractivity contribution is 6.42. The first kappa shape index (κ1) is 27.6. The van der Waals surface area contributed by atoms with Crippen LogP contribution in [0.15, 0.2) is 79.0 Å². The van der Waals surface area contributed by atoms with Crippen LogP contribution in [0.4, 0.5) is 5.69 Å². The van der Waals surface area contributed by atoms with Crippen molar-refractivity contribution in [3.63, 3.8) is 0 Å². The highest BCUT2D eigenvalue weighted by atomic mass is 35.5. The van der Waals surface area contributed by atoms with E-state index in [0.717, 1.165) is 22.6 Å². The standard InChI is InChI=1S/C31H29Cl2N3O4/c1-19(2)35(31(38)20-11-13-23(32)24(33)16-20)18-29(37)36-26-9-6-5-8-25(26)34-15-7-10-27(34)30(36)22-17-21(39-3)12-14-28(22)40-4/h5-17,19,30H,18H2,1-4H3. The Morgan fingerprint density at radius 1 is 0.900 bits per heavy atom. The molecular formula is C31H29Cl2N3O4. The molecule has 0 spiro atoms. The van der Waals surface area contributed by atoms with Crippen molar-refractivity contribution in [2.24, 2.45) is 0 Å². The maximum absolute atomic E-state index is 14.4. The Balaban J connectivity index is 1.62. The SMILES string of the molecule is COc1ccc(OC)c(C2c3cccn3-c3ccccc3N2C(=O)CN(C(=O)c2ccc(Cl)c(Cl)c2)C(C)C)c1. The molecule has 40 heavy (non-hydrogen) atoms. The predicted octanol–water partition coefficient (Wildman–Crippen LogP) is 6.79. The van der Waals surface area contributed by atoms with Crippen LogP contribution < -0.4 is 14.4 Å². The zero-order valence-electron chi connectivity index (χ0n) is 22.6. The zero-order chi connectivity index (χ0) is 28.6. The summed E-state index contributed by atoms with van der Waals surface area (Å²) in [6, 6.07) is 21.1. The number of halogens is 2. The summed E-state index contributed by atoms with van der Waals surface area (Å²) < 4.78 is 13.4. The highest BCUT2D eigenvalue weighted by Crippen LogP contribution is 2.45. The molecule has 2 heterocycles. The lowest BCUT2D eigenvalue weighted by molar-refractivity contribution is -0.120. The topological polar surface area (TPSA) is 64.0 Å². The minimum Gasteiger partial charge on any atom is -0.497 e. The van der Waals surface area contributed by atoms with Crippen molar-refractivity contribution in [2.45, 2.75) is 25.9 Å². The van der Waals surface area contributed by atoms with Gasteiger partial charge in [0, 0.05) is 23.4 Å². The predicted molar refractivity (Wildman–Crippen MR) is 157 cm³/mol. The molecule has 4 aromatic rings. The molecule has 0 bridgehead atoms. The molecule has 7 nitrogen and oxygen atoms in total. The summed E-state index contributed by atoms with van der Waals surface area (Å²) in [5, 5.41) is 0.631. The van der Waals surface area contributed by atoms with Crippen LogP contribution in [0.1, 0.15) is 41.5 Å². The van der Waals surface area contributed by atoms with E-state index in [1.807, 2.05) is 74.6 Å². The van der Waals surface area contributed by atoms with Gasteiger partial charge >= 0.3 is 0 Å². The average Bonchev–Trinajstić information content (AvgIpc) is 3.45. The first-order valence-corrected chi connectivity index (χ1v) is 13.6. The molecule has 0 fully saturated rings. The number of methoxy groups -OCH3 is 2. The lowest BCUT2D eigenvalue weighted by Gasteiger charge is -2.40. The Morgan fingerprint density at radius 2 is 1.65 bits per heavy atom. The third-order valence-electron chi connectivity index (χ3n) is 7.08. The van der Waals surface area contributed by atoms with Gasteiger partial charge in [-0.25, -0.2) is 0 Å². The number of carbonyl (C=O) groups excluding carboxylic acids is 2. The summed E-state index contributed by atoms with van der Waals surface area (Å²) in [5.41, 5.74) is 3.58. The Bertz CT molecular complexity index is 1580. The maximum Gasteiger partial charge on any atom is 0.254 e. The third-order valence-corrected chi connectivity index (χ3v) is 7.81. The quantitative estimate of drug-likeness (QED) is 0.242. The second-order valence-corrected chi connectivity index (χ2v) is 10.5. The van der Waals surface area contributed by atoms with E-state index in [9.17, 15) is 9.59 Å². The Kier molecular flexibility index (Phi) is 7.79. The summed E-state index contributed by atoms with van der Waals surface area (Å²) in [6.07, 6.45) is 1.98. The minimum absolute atomic E-state index is 0.158. The van der Waals surface area contributed by atoms with Crippen LogP contribution in [0.3, 0.4) is 0 Å². The van der Waals surface area contributed by atoms with Gasteiger partial charge in [0.1, 0.15) is 24.1 Å². The van der Waals surface area contributed by atoms with E-state index in [1.54, 1.807) is 31.3 Å². The number of fused-ring (bicyclic) bond motifs is 3. The molecule has 9 heteroatoms. The molecule has 0 saturated heterocycles. The number of amides is 2. The Hall–Kier alpha value is -3.94. The number of rotatable bonds is 7. The number of benzene rings is 3. The molecule has 0 N–H and O–H groups in total. The van der Waals surface area contributed by atoms with E-state index < -0.39 is 6.04 Å². The summed E-state index contributed by atoms with van der Waals surface area (Å²) in [7, 11) is 3.20. The molecule has 206 valence electrons. The molecule has 1 atom stereocenters. The van der Waals surface area contributed by atoms with Crippen LogP contribution in [0.5, 0.6) is 11.5 Å². The van der Waals surface area contributed by atoms with Crippen molar-refractivity contribution in [2.75, 3.05) is 25.7 Å². The molecule has 1 unspecified atom stereocenters. The largest absolute Gasteiger partial charge is 0.497 e. The molecule has 5 rings (SSSR count). The summed E-state index contributed by atoms with van der Waals surface area (Å²) in [6.45, 7) is 3.59.